The number of fused-ring (bicyclic) bond motifs is 1. The van der Waals surface area contributed by atoms with Crippen molar-refractivity contribution in [2.24, 2.45) is 0 Å². The van der Waals surface area contributed by atoms with Crippen molar-refractivity contribution in [3.63, 3.8) is 0 Å². The van der Waals surface area contributed by atoms with Gasteiger partial charge in [-0.2, -0.15) is 0 Å². The van der Waals surface area contributed by atoms with Crippen LogP contribution in [-0.4, -0.2) is 136 Å². The molecule has 2 fully saturated rings. The van der Waals surface area contributed by atoms with Gasteiger partial charge < -0.3 is 31.1 Å². The average molecular weight is 1220 g/mol. The van der Waals surface area contributed by atoms with E-state index in [0.29, 0.717) is 86.4 Å². The molecule has 2 saturated heterocycles. The number of unbranched alkanes of at least 4 members (excludes halogenated alkanes) is 2. The lowest BCUT2D eigenvalue weighted by molar-refractivity contribution is -0.138. The van der Waals surface area contributed by atoms with E-state index in [4.69, 9.17) is 0 Å². The van der Waals surface area contributed by atoms with Crippen LogP contribution >= 0.6 is 0 Å². The van der Waals surface area contributed by atoms with Crippen LogP contribution in [0.15, 0.2) is 132 Å². The van der Waals surface area contributed by atoms with Crippen LogP contribution in [0.3, 0.4) is 0 Å². The number of hydrogen-bond acceptors (Lipinski definition) is 14. The molecule has 6 atom stereocenters. The largest absolute Gasteiger partial charge is 0.343 e. The molecular weight excluding hydrogens is 1150 g/mol. The number of likely N-dealkylation sites (tertiary alicyclic amines) is 2. The number of rotatable bonds is 28. The number of nitrogens with one attached hydrogen (secondary N) is 6. The zero-order valence-electron chi connectivity index (χ0n) is 48.4. The van der Waals surface area contributed by atoms with Crippen molar-refractivity contribution in [3.05, 3.63) is 167 Å². The molecular formula is C62H72F2N10O10S2. The molecule has 4 amide bonds. The van der Waals surface area contributed by atoms with Gasteiger partial charge in [0.2, 0.25) is 43.7 Å². The fourth-order valence-electron chi connectivity index (χ4n) is 10.7. The maximum absolute atomic E-state index is 14.3. The van der Waals surface area contributed by atoms with Crippen LogP contribution in [0.2, 0.25) is 0 Å². The van der Waals surface area contributed by atoms with Crippen LogP contribution in [0.25, 0.3) is 10.8 Å². The third kappa shape index (κ3) is 16.0. The van der Waals surface area contributed by atoms with E-state index in [9.17, 15) is 54.4 Å². The second-order valence-corrected chi connectivity index (χ2v) is 25.2. The molecule has 6 N–H and O–H groups in total. The minimum atomic E-state index is -4.05. The highest BCUT2D eigenvalue weighted by Gasteiger charge is 2.37. The molecule has 4 aromatic carbocycles. The Hall–Kier alpha value is -7.74. The van der Waals surface area contributed by atoms with E-state index in [-0.39, 0.29) is 81.4 Å². The summed E-state index contributed by atoms with van der Waals surface area (Å²) in [5.74, 6) is -3.07. The second-order valence-electron chi connectivity index (χ2n) is 21.7. The van der Waals surface area contributed by atoms with Crippen LogP contribution in [0.4, 0.5) is 8.78 Å². The molecule has 0 unspecified atom stereocenters. The smallest absolute Gasteiger partial charge is 0.245 e. The fraction of sp³-hybridized carbons (Fsp3) is 0.387. The number of carbonyl (C=O) groups is 6. The molecule has 0 radical (unpaired) electrons. The van der Waals surface area contributed by atoms with Gasteiger partial charge in [-0.3, -0.25) is 38.7 Å². The molecule has 2 aromatic heterocycles. The molecule has 0 aliphatic carbocycles. The summed E-state index contributed by atoms with van der Waals surface area (Å²) >= 11 is 0. The number of ketones is 2. The predicted molar refractivity (Wildman–Crippen MR) is 318 cm³/mol. The number of benzene rings is 4. The average Bonchev–Trinajstić information content (AvgIpc) is 2.11. The van der Waals surface area contributed by atoms with Crippen molar-refractivity contribution >= 4 is 66.0 Å². The third-order valence-corrected chi connectivity index (χ3v) is 18.7. The van der Waals surface area contributed by atoms with E-state index >= 15 is 0 Å². The van der Waals surface area contributed by atoms with E-state index in [0.717, 1.165) is 0 Å². The van der Waals surface area contributed by atoms with Crippen molar-refractivity contribution in [2.45, 2.75) is 124 Å². The molecule has 2 aliphatic rings. The zero-order chi connectivity index (χ0) is 61.7. The van der Waals surface area contributed by atoms with Gasteiger partial charge in [0.1, 0.15) is 23.7 Å². The Kier molecular flexibility index (Phi) is 21.7. The highest BCUT2D eigenvalue weighted by Crippen LogP contribution is 2.35. The van der Waals surface area contributed by atoms with E-state index in [1.165, 1.54) is 97.3 Å². The summed E-state index contributed by atoms with van der Waals surface area (Å²) in [7, 11) is -4.86. The van der Waals surface area contributed by atoms with Gasteiger partial charge in [0.25, 0.3) is 0 Å². The van der Waals surface area contributed by atoms with Crippen molar-refractivity contribution in [1.82, 2.24) is 50.5 Å². The molecule has 456 valence electrons. The fourth-order valence-corrected chi connectivity index (χ4v) is 12.9. The lowest BCUT2D eigenvalue weighted by Gasteiger charge is -2.30. The Balaban J connectivity index is 0.836. The number of amides is 4. The van der Waals surface area contributed by atoms with Crippen LogP contribution in [0.1, 0.15) is 133 Å². The number of carbonyl (C=O) groups excluding carboxylic acids is 6. The predicted octanol–water partition coefficient (Wildman–Crippen LogP) is 6.18. The van der Waals surface area contributed by atoms with Gasteiger partial charge in [0.15, 0.2) is 11.6 Å². The van der Waals surface area contributed by atoms with Crippen molar-refractivity contribution in [2.75, 3.05) is 40.3 Å². The van der Waals surface area contributed by atoms with E-state index in [1.54, 1.807) is 62.3 Å². The summed E-state index contributed by atoms with van der Waals surface area (Å²) in [5, 5.41) is 12.4. The lowest BCUT2D eigenvalue weighted by Crippen LogP contribution is -2.52. The Bertz CT molecular complexity index is 3430. The first-order valence-corrected chi connectivity index (χ1v) is 31.7. The maximum Gasteiger partial charge on any atom is 0.245 e. The van der Waals surface area contributed by atoms with Crippen molar-refractivity contribution in [1.29, 1.82) is 0 Å². The highest BCUT2D eigenvalue weighted by molar-refractivity contribution is 7.89. The maximum atomic E-state index is 14.3. The van der Waals surface area contributed by atoms with Gasteiger partial charge in [0, 0.05) is 73.2 Å². The van der Waals surface area contributed by atoms with Crippen LogP contribution in [0.5, 0.6) is 0 Å². The van der Waals surface area contributed by atoms with Gasteiger partial charge in [-0.25, -0.2) is 35.1 Å². The number of likely N-dealkylation sites (N-methyl/N-ethyl adjacent to an activating group) is 2. The SMILES string of the molecule is CN[C@@H](C)C(=O)N[C@@H](CCCCNS(=O)(=O)c1ccc2cc(S(=O)(=O)NCCCC[C@H](NC(=O)[C@H](C)NC)C(=O)N3CCC[C@H]3c3cncc(C(=O)c4ccc(F)cc4)c3)ccc2c1)C(=O)N1CCC[C@H]1c1cncc(C(=O)c2ccc(F)cc2)c1. The monoisotopic (exact) mass is 1220 g/mol. The van der Waals surface area contributed by atoms with Crippen LogP contribution in [0, 0.1) is 11.6 Å². The number of sulfonamides is 2. The zero-order valence-corrected chi connectivity index (χ0v) is 50.0. The molecule has 0 saturated carbocycles. The summed E-state index contributed by atoms with van der Waals surface area (Å²) in [6.45, 7) is 4.14. The number of aromatic nitrogens is 2. The van der Waals surface area contributed by atoms with Crippen molar-refractivity contribution in [3.8, 4) is 0 Å². The Morgan fingerprint density at radius 3 is 1.28 bits per heavy atom. The number of pyridine rings is 2. The number of nitrogens with zero attached hydrogens (tertiary/aromatic N) is 4. The summed E-state index contributed by atoms with van der Waals surface area (Å²) in [4.78, 5) is 93.3. The number of halogens is 2. The molecule has 8 rings (SSSR count). The van der Waals surface area contributed by atoms with E-state index in [2.05, 4.69) is 40.7 Å². The molecule has 0 bridgehead atoms. The second kappa shape index (κ2) is 29.1. The highest BCUT2D eigenvalue weighted by atomic mass is 32.2. The molecule has 2 aliphatic heterocycles. The Morgan fingerprint density at radius 1 is 0.523 bits per heavy atom. The molecule has 4 heterocycles. The Morgan fingerprint density at radius 2 is 0.907 bits per heavy atom. The van der Waals surface area contributed by atoms with Crippen LogP contribution < -0.4 is 30.7 Å². The van der Waals surface area contributed by atoms with Crippen molar-refractivity contribution < 1.29 is 54.4 Å². The first-order valence-electron chi connectivity index (χ1n) is 28.8. The quantitative estimate of drug-likeness (QED) is 0.0237. The standard InChI is InChI=1S/C62H72F2N10O10S2/c1-39(65-3)59(77)71-53(61(79)73-29-9-13-55(73)45-31-47(37-67-35-45)57(75)41-15-21-49(63)22-16-41)11-5-7-27-69-85(81,82)51-25-19-44-34-52(26-20-43(44)33-51)86(83,84)70-28-8-6-12-54(72-60(78)40(2)66-4)62(80)74-30-10-14-56(74)46-32-48(38-68-36-46)58(76)42-17-23-50(64)24-18-42/h15-26,31-40,53-56,65-66,69-70H,5-14,27-30H2,1-4H3,(H,71,77)(H,72,78)/t39-,40-,53-,54-,55-,56-/m0/s1. The lowest BCUT2D eigenvalue weighted by atomic mass is 9.99. The minimum absolute atomic E-state index is 0.0108. The summed E-state index contributed by atoms with van der Waals surface area (Å²) in [5.41, 5.74) is 2.42. The van der Waals surface area contributed by atoms with Gasteiger partial charge in [-0.1, -0.05) is 12.1 Å². The van der Waals surface area contributed by atoms with E-state index < -0.39 is 79.7 Å². The normalized spacial score (nSPS) is 16.8. The first-order chi connectivity index (χ1) is 41.2. The summed E-state index contributed by atoms with van der Waals surface area (Å²) < 4.78 is 86.7. The molecule has 0 spiro atoms. The van der Waals surface area contributed by atoms with Crippen LogP contribution in [-0.2, 0) is 39.2 Å². The Labute approximate surface area is 499 Å². The molecule has 6 aromatic rings. The van der Waals surface area contributed by atoms with E-state index in [1.807, 2.05) is 0 Å². The molecule has 24 heteroatoms. The minimum Gasteiger partial charge on any atom is -0.343 e. The van der Waals surface area contributed by atoms with Gasteiger partial charge in [-0.05, 0) is 199 Å². The van der Waals surface area contributed by atoms with Gasteiger partial charge in [0.05, 0.1) is 34.0 Å². The first kappa shape index (κ1) is 64.3. The topological polar surface area (TPSA) is 275 Å². The summed E-state index contributed by atoms with van der Waals surface area (Å²) in [6.07, 6.45) is 10.3. The van der Waals surface area contributed by atoms with Gasteiger partial charge >= 0.3 is 0 Å². The third-order valence-electron chi connectivity index (χ3n) is 15.8. The van der Waals surface area contributed by atoms with Gasteiger partial charge in [-0.15, -0.1) is 0 Å². The molecule has 86 heavy (non-hydrogen) atoms. The summed E-state index contributed by atoms with van der Waals surface area (Å²) in [6, 6.07) is 18.4. The number of hydrogen-bond donors (Lipinski definition) is 6. The molecule has 20 nitrogen and oxygen atoms in total.